The van der Waals surface area contributed by atoms with Crippen molar-refractivity contribution < 1.29 is 17.9 Å². The third-order valence-electron chi connectivity index (χ3n) is 6.21. The van der Waals surface area contributed by atoms with Crippen LogP contribution < -0.4 is 19.7 Å². The zero-order valence-corrected chi connectivity index (χ0v) is 20.7. The summed E-state index contributed by atoms with van der Waals surface area (Å²) in [4.78, 5) is 26.0. The number of nitrogens with zero attached hydrogens (tertiary/aromatic N) is 4. The lowest BCUT2D eigenvalue weighted by molar-refractivity contribution is 0.0994. The van der Waals surface area contributed by atoms with E-state index in [0.717, 1.165) is 11.3 Å². The van der Waals surface area contributed by atoms with Gasteiger partial charge in [0.15, 0.2) is 5.82 Å². The van der Waals surface area contributed by atoms with Crippen molar-refractivity contribution in [3.63, 3.8) is 0 Å². The fraction of sp³-hybridized carbons (Fsp3) is 0.192. The summed E-state index contributed by atoms with van der Waals surface area (Å²) in [5.41, 5.74) is 2.07. The molecule has 0 atom stereocenters. The van der Waals surface area contributed by atoms with Crippen LogP contribution in [0.4, 0.5) is 17.3 Å². The number of rotatable bonds is 6. The highest BCUT2D eigenvalue weighted by molar-refractivity contribution is 7.89. The minimum atomic E-state index is -3.87. The van der Waals surface area contributed by atoms with Gasteiger partial charge in [-0.2, -0.15) is 0 Å². The first kappa shape index (κ1) is 23.7. The Labute approximate surface area is 209 Å². The van der Waals surface area contributed by atoms with Crippen molar-refractivity contribution in [3.8, 4) is 5.75 Å². The van der Waals surface area contributed by atoms with Gasteiger partial charge in [-0.1, -0.05) is 24.3 Å². The number of benzene rings is 2. The first-order valence-electron chi connectivity index (χ1n) is 11.5. The Balaban J connectivity index is 1.41. The molecule has 0 unspecified atom stereocenters. The second-order valence-electron chi connectivity index (χ2n) is 8.42. The van der Waals surface area contributed by atoms with Crippen molar-refractivity contribution in [2.75, 3.05) is 30.0 Å². The van der Waals surface area contributed by atoms with Crippen molar-refractivity contribution in [3.05, 3.63) is 78.1 Å². The molecule has 36 heavy (non-hydrogen) atoms. The molecule has 4 aromatic rings. The van der Waals surface area contributed by atoms with Gasteiger partial charge in [0.25, 0.3) is 5.91 Å². The SMILES string of the molecule is CCN1c2ncc(CCOc3cccc4c(S(N)(=O)=O)cccc34)cc2C(=O)N(C)c2cccnc21. The smallest absolute Gasteiger partial charge is 0.261 e. The molecule has 10 heteroatoms. The zero-order chi connectivity index (χ0) is 25.4. The monoisotopic (exact) mass is 503 g/mol. The number of carbonyl (C=O) groups is 1. The quantitative estimate of drug-likeness (QED) is 0.427. The number of primary sulfonamides is 1. The Morgan fingerprint density at radius 2 is 1.78 bits per heavy atom. The van der Waals surface area contributed by atoms with Crippen molar-refractivity contribution in [2.24, 2.45) is 5.14 Å². The Hall–Kier alpha value is -4.02. The average Bonchev–Trinajstić information content (AvgIpc) is 2.96. The van der Waals surface area contributed by atoms with Crippen LogP contribution in [0.2, 0.25) is 0 Å². The molecule has 0 fully saturated rings. The summed E-state index contributed by atoms with van der Waals surface area (Å²) in [6.07, 6.45) is 3.95. The molecule has 0 aliphatic carbocycles. The number of sulfonamides is 1. The molecule has 184 valence electrons. The first-order chi connectivity index (χ1) is 17.3. The number of pyridine rings is 2. The van der Waals surface area contributed by atoms with Crippen LogP contribution >= 0.6 is 0 Å². The van der Waals surface area contributed by atoms with Crippen LogP contribution in [0.3, 0.4) is 0 Å². The highest BCUT2D eigenvalue weighted by Crippen LogP contribution is 2.37. The van der Waals surface area contributed by atoms with E-state index in [-0.39, 0.29) is 10.8 Å². The first-order valence-corrected chi connectivity index (χ1v) is 13.0. The standard InChI is InChI=1S/C26H25N5O4S/c1-3-31-24-20(26(32)30(2)21-9-6-13-28-25(21)31)15-17(16-29-24)12-14-35-22-10-4-8-19-18(22)7-5-11-23(19)36(27,33)34/h4-11,13,15-16H,3,12,14H2,1-2H3,(H2,27,33,34). The number of carbonyl (C=O) groups excluding carboxylic acids is 1. The second kappa shape index (κ2) is 9.21. The lowest BCUT2D eigenvalue weighted by Crippen LogP contribution is -2.25. The van der Waals surface area contributed by atoms with E-state index in [4.69, 9.17) is 9.88 Å². The Morgan fingerprint density at radius 1 is 1.00 bits per heavy atom. The summed E-state index contributed by atoms with van der Waals surface area (Å²) in [6.45, 7) is 2.91. The summed E-state index contributed by atoms with van der Waals surface area (Å²) in [5.74, 6) is 1.65. The number of amides is 1. The second-order valence-corrected chi connectivity index (χ2v) is 9.95. The van der Waals surface area contributed by atoms with Gasteiger partial charge in [0.05, 0.1) is 22.8 Å². The van der Waals surface area contributed by atoms with E-state index in [2.05, 4.69) is 9.97 Å². The van der Waals surface area contributed by atoms with Gasteiger partial charge in [0, 0.05) is 43.2 Å². The fourth-order valence-electron chi connectivity index (χ4n) is 4.46. The van der Waals surface area contributed by atoms with E-state index in [9.17, 15) is 13.2 Å². The summed E-state index contributed by atoms with van der Waals surface area (Å²) < 4.78 is 29.9. The molecule has 0 saturated carbocycles. The summed E-state index contributed by atoms with van der Waals surface area (Å²) >= 11 is 0. The van der Waals surface area contributed by atoms with Crippen LogP contribution in [0.5, 0.6) is 5.75 Å². The fourth-order valence-corrected chi connectivity index (χ4v) is 5.22. The Bertz CT molecular complexity index is 1590. The van der Waals surface area contributed by atoms with Crippen molar-refractivity contribution in [2.45, 2.75) is 18.2 Å². The average molecular weight is 504 g/mol. The molecule has 0 spiro atoms. The minimum Gasteiger partial charge on any atom is -0.493 e. The van der Waals surface area contributed by atoms with Crippen LogP contribution in [-0.2, 0) is 16.4 Å². The Morgan fingerprint density at radius 3 is 2.56 bits per heavy atom. The van der Waals surface area contributed by atoms with E-state index < -0.39 is 10.0 Å². The van der Waals surface area contributed by atoms with Gasteiger partial charge < -0.3 is 14.5 Å². The summed E-state index contributed by atoms with van der Waals surface area (Å²) in [7, 11) is -2.13. The van der Waals surface area contributed by atoms with Gasteiger partial charge in [-0.3, -0.25) is 4.79 Å². The molecule has 0 saturated heterocycles. The molecule has 9 nitrogen and oxygen atoms in total. The lowest BCUT2D eigenvalue weighted by atomic mass is 10.1. The maximum Gasteiger partial charge on any atom is 0.261 e. The van der Waals surface area contributed by atoms with Gasteiger partial charge >= 0.3 is 0 Å². The number of fused-ring (bicyclic) bond motifs is 3. The Kier molecular flexibility index (Phi) is 6.07. The van der Waals surface area contributed by atoms with E-state index in [0.29, 0.717) is 53.3 Å². The van der Waals surface area contributed by atoms with E-state index in [1.807, 2.05) is 30.0 Å². The largest absolute Gasteiger partial charge is 0.493 e. The van der Waals surface area contributed by atoms with Gasteiger partial charge in [-0.05, 0) is 42.8 Å². The third-order valence-corrected chi connectivity index (χ3v) is 7.18. The molecule has 5 rings (SSSR count). The third kappa shape index (κ3) is 4.14. The number of ether oxygens (including phenoxy) is 1. The molecule has 0 bridgehead atoms. The number of nitrogens with two attached hydrogens (primary N) is 1. The number of anilines is 3. The van der Waals surface area contributed by atoms with Gasteiger partial charge in [-0.25, -0.2) is 23.5 Å². The normalized spacial score (nSPS) is 13.4. The van der Waals surface area contributed by atoms with E-state index >= 15 is 0 Å². The molecule has 0 radical (unpaired) electrons. The molecule has 2 aromatic carbocycles. The zero-order valence-electron chi connectivity index (χ0n) is 19.9. The highest BCUT2D eigenvalue weighted by atomic mass is 32.2. The van der Waals surface area contributed by atoms with E-state index in [1.54, 1.807) is 54.7 Å². The van der Waals surface area contributed by atoms with E-state index in [1.165, 1.54) is 6.07 Å². The van der Waals surface area contributed by atoms with Crippen LogP contribution in [-0.4, -0.2) is 44.5 Å². The number of hydrogen-bond donors (Lipinski definition) is 1. The predicted molar refractivity (Wildman–Crippen MR) is 138 cm³/mol. The van der Waals surface area contributed by atoms with Gasteiger partial charge in [0.2, 0.25) is 10.0 Å². The molecular formula is C26H25N5O4S. The number of aromatic nitrogens is 2. The molecule has 1 amide bonds. The highest BCUT2D eigenvalue weighted by Gasteiger charge is 2.30. The van der Waals surface area contributed by atoms with Crippen LogP contribution in [0.25, 0.3) is 10.8 Å². The molecule has 1 aliphatic heterocycles. The molecular weight excluding hydrogens is 478 g/mol. The maximum absolute atomic E-state index is 13.3. The topological polar surface area (TPSA) is 119 Å². The van der Waals surface area contributed by atoms with Crippen LogP contribution in [0.1, 0.15) is 22.8 Å². The molecule has 1 aliphatic rings. The van der Waals surface area contributed by atoms with Gasteiger partial charge in [-0.15, -0.1) is 0 Å². The molecule has 2 aromatic heterocycles. The lowest BCUT2D eigenvalue weighted by Gasteiger charge is -2.22. The van der Waals surface area contributed by atoms with Crippen LogP contribution in [0, 0.1) is 0 Å². The summed E-state index contributed by atoms with van der Waals surface area (Å²) in [6, 6.07) is 15.7. The minimum absolute atomic E-state index is 0.0546. The maximum atomic E-state index is 13.3. The van der Waals surface area contributed by atoms with Crippen molar-refractivity contribution in [1.82, 2.24) is 9.97 Å². The van der Waals surface area contributed by atoms with Crippen molar-refractivity contribution in [1.29, 1.82) is 0 Å². The molecule has 3 heterocycles. The molecule has 2 N–H and O–H groups in total. The summed E-state index contributed by atoms with van der Waals surface area (Å²) in [5, 5.41) is 6.53. The predicted octanol–water partition coefficient (Wildman–Crippen LogP) is 3.65. The van der Waals surface area contributed by atoms with Gasteiger partial charge in [0.1, 0.15) is 11.6 Å². The van der Waals surface area contributed by atoms with Crippen LogP contribution in [0.15, 0.2) is 71.9 Å². The number of hydrogen-bond acceptors (Lipinski definition) is 7. The van der Waals surface area contributed by atoms with Crippen molar-refractivity contribution >= 4 is 44.0 Å².